The molecule has 0 fully saturated rings. The van der Waals surface area contributed by atoms with Gasteiger partial charge < -0.3 is 0 Å². The summed E-state index contributed by atoms with van der Waals surface area (Å²) in [5.74, 6) is 0.0394. The second kappa shape index (κ2) is 12.8. The molecule has 31 heavy (non-hydrogen) atoms. The van der Waals surface area contributed by atoms with Crippen LogP contribution in [0.4, 0.5) is 0 Å². The van der Waals surface area contributed by atoms with E-state index in [4.69, 9.17) is 0 Å². The number of carbonyl (C=O) groups excluding carboxylic acids is 2. The van der Waals surface area contributed by atoms with Gasteiger partial charge in [0.2, 0.25) is 0 Å². The molecule has 0 bridgehead atoms. The lowest BCUT2D eigenvalue weighted by Gasteiger charge is -2.25. The fraction of sp³-hybridized carbons (Fsp3) is 0.586. The maximum absolute atomic E-state index is 12.4. The van der Waals surface area contributed by atoms with Gasteiger partial charge in [-0.15, -0.1) is 0 Å². The van der Waals surface area contributed by atoms with Crippen LogP contribution < -0.4 is 0 Å². The molecule has 0 aromatic rings. The Labute approximate surface area is 191 Å². The van der Waals surface area contributed by atoms with Crippen LogP contribution in [0.3, 0.4) is 0 Å². The molecule has 0 atom stereocenters. The molecule has 0 aromatic carbocycles. The quantitative estimate of drug-likeness (QED) is 0.233. The summed E-state index contributed by atoms with van der Waals surface area (Å²) in [6, 6.07) is 0. The first-order valence-corrected chi connectivity index (χ1v) is 11.8. The average Bonchev–Trinajstić information content (AvgIpc) is 2.67. The van der Waals surface area contributed by atoms with E-state index in [1.54, 1.807) is 19.9 Å². The van der Waals surface area contributed by atoms with Gasteiger partial charge in [0.05, 0.1) is 0 Å². The Hall–Kier alpha value is -1.96. The molecule has 2 nitrogen and oxygen atoms in total. The predicted octanol–water partition coefficient (Wildman–Crippen LogP) is 8.41. The van der Waals surface area contributed by atoms with Crippen molar-refractivity contribution in [2.24, 2.45) is 5.41 Å². The largest absolute Gasteiger partial charge is 0.290 e. The summed E-state index contributed by atoms with van der Waals surface area (Å²) in [6.07, 6.45) is 16.9. The lowest BCUT2D eigenvalue weighted by molar-refractivity contribution is -0.116. The van der Waals surface area contributed by atoms with Crippen molar-refractivity contribution in [1.29, 1.82) is 0 Å². The smallest absolute Gasteiger partial charge is 0.185 e. The van der Waals surface area contributed by atoms with E-state index in [0.717, 1.165) is 44.9 Å². The number of hydrogen-bond acceptors (Lipinski definition) is 2. The fourth-order valence-electron chi connectivity index (χ4n) is 3.76. The van der Waals surface area contributed by atoms with Gasteiger partial charge in [-0.2, -0.15) is 0 Å². The molecule has 0 unspecified atom stereocenters. The van der Waals surface area contributed by atoms with Crippen molar-refractivity contribution in [3.63, 3.8) is 0 Å². The molecular weight excluding hydrogens is 380 g/mol. The predicted molar refractivity (Wildman–Crippen MR) is 134 cm³/mol. The molecule has 0 amide bonds. The minimum Gasteiger partial charge on any atom is -0.290 e. The molecule has 2 heteroatoms. The van der Waals surface area contributed by atoms with Crippen molar-refractivity contribution >= 4 is 11.6 Å². The van der Waals surface area contributed by atoms with Gasteiger partial charge in [-0.3, -0.25) is 9.59 Å². The minimum atomic E-state index is -0.00954. The average molecular weight is 425 g/mol. The van der Waals surface area contributed by atoms with Gasteiger partial charge in [-0.25, -0.2) is 0 Å². The van der Waals surface area contributed by atoms with E-state index in [1.807, 2.05) is 0 Å². The zero-order valence-corrected chi connectivity index (χ0v) is 21.3. The molecule has 0 aromatic heterocycles. The van der Waals surface area contributed by atoms with E-state index in [0.29, 0.717) is 23.1 Å². The van der Waals surface area contributed by atoms with E-state index >= 15 is 0 Å². The molecule has 1 aliphatic carbocycles. The Bertz CT molecular complexity index is 806. The number of ketones is 2. The molecule has 0 spiro atoms. The molecule has 0 N–H and O–H groups in total. The SMILES string of the molecule is CC(C)=CCC/C(C)=C/CC/C(C)=C/CCC(C)(C)CCC1=CC(=O)C(C)=C(C)C1=O. The van der Waals surface area contributed by atoms with Gasteiger partial charge in [-0.05, 0) is 104 Å². The molecule has 172 valence electrons. The Morgan fingerprint density at radius 1 is 0.806 bits per heavy atom. The molecule has 0 saturated heterocycles. The molecule has 1 rings (SSSR count). The van der Waals surface area contributed by atoms with Crippen LogP contribution in [0.1, 0.15) is 107 Å². The van der Waals surface area contributed by atoms with Crippen LogP contribution in [0.5, 0.6) is 0 Å². The molecular formula is C29H44O2. The maximum atomic E-state index is 12.4. The lowest BCUT2D eigenvalue weighted by Crippen LogP contribution is -2.19. The van der Waals surface area contributed by atoms with Crippen molar-refractivity contribution in [2.75, 3.05) is 0 Å². The van der Waals surface area contributed by atoms with Crippen molar-refractivity contribution in [1.82, 2.24) is 0 Å². The Kier molecular flexibility index (Phi) is 11.2. The first-order chi connectivity index (χ1) is 14.4. The highest BCUT2D eigenvalue weighted by molar-refractivity contribution is 6.22. The minimum absolute atomic E-state index is 0.00954. The Balaban J connectivity index is 2.41. The number of hydrogen-bond donors (Lipinski definition) is 0. The van der Waals surface area contributed by atoms with E-state index in [1.165, 1.54) is 16.7 Å². The van der Waals surface area contributed by atoms with Gasteiger partial charge >= 0.3 is 0 Å². The van der Waals surface area contributed by atoms with Crippen molar-refractivity contribution in [2.45, 2.75) is 107 Å². The monoisotopic (exact) mass is 424 g/mol. The zero-order valence-electron chi connectivity index (χ0n) is 21.3. The van der Waals surface area contributed by atoms with Gasteiger partial charge in [0, 0.05) is 16.7 Å². The van der Waals surface area contributed by atoms with Crippen molar-refractivity contribution in [3.05, 3.63) is 57.7 Å². The van der Waals surface area contributed by atoms with Crippen LogP contribution in [-0.2, 0) is 9.59 Å². The zero-order chi connectivity index (χ0) is 23.6. The third kappa shape index (κ3) is 10.3. The van der Waals surface area contributed by atoms with Gasteiger partial charge in [-0.1, -0.05) is 48.8 Å². The second-order valence-corrected chi connectivity index (χ2v) is 10.3. The third-order valence-electron chi connectivity index (χ3n) is 6.38. The Morgan fingerprint density at radius 2 is 1.35 bits per heavy atom. The van der Waals surface area contributed by atoms with Gasteiger partial charge in [0.1, 0.15) is 0 Å². The van der Waals surface area contributed by atoms with Crippen LogP contribution in [0, 0.1) is 5.41 Å². The molecule has 1 aliphatic rings. The maximum Gasteiger partial charge on any atom is 0.185 e. The van der Waals surface area contributed by atoms with E-state index in [-0.39, 0.29) is 17.0 Å². The number of Topliss-reactive ketones (excluding diaryl/α,β-unsaturated/α-hetero) is 1. The van der Waals surface area contributed by atoms with Crippen LogP contribution in [0.25, 0.3) is 0 Å². The number of carbonyl (C=O) groups is 2. The van der Waals surface area contributed by atoms with Crippen LogP contribution in [0.2, 0.25) is 0 Å². The summed E-state index contributed by atoms with van der Waals surface area (Å²) in [5, 5.41) is 0. The molecule has 0 radical (unpaired) electrons. The summed E-state index contributed by atoms with van der Waals surface area (Å²) in [5.41, 5.74) is 6.36. The van der Waals surface area contributed by atoms with Crippen molar-refractivity contribution in [3.8, 4) is 0 Å². The van der Waals surface area contributed by atoms with E-state index in [2.05, 4.69) is 59.8 Å². The first-order valence-electron chi connectivity index (χ1n) is 11.8. The van der Waals surface area contributed by atoms with Crippen LogP contribution in [-0.4, -0.2) is 11.6 Å². The van der Waals surface area contributed by atoms with Crippen LogP contribution in [0.15, 0.2) is 57.7 Å². The van der Waals surface area contributed by atoms with Gasteiger partial charge in [0.15, 0.2) is 11.6 Å². The van der Waals surface area contributed by atoms with Crippen LogP contribution >= 0.6 is 0 Å². The summed E-state index contributed by atoms with van der Waals surface area (Å²) < 4.78 is 0. The highest BCUT2D eigenvalue weighted by atomic mass is 16.1. The summed E-state index contributed by atoms with van der Waals surface area (Å²) in [4.78, 5) is 24.5. The first kappa shape index (κ1) is 27.1. The fourth-order valence-corrected chi connectivity index (χ4v) is 3.76. The molecule has 0 aliphatic heterocycles. The molecule has 0 heterocycles. The summed E-state index contributed by atoms with van der Waals surface area (Å²) in [7, 11) is 0. The number of rotatable bonds is 12. The highest BCUT2D eigenvalue weighted by Gasteiger charge is 2.25. The normalized spacial score (nSPS) is 16.1. The van der Waals surface area contributed by atoms with Crippen molar-refractivity contribution < 1.29 is 9.59 Å². The number of allylic oxidation sites excluding steroid dienone is 10. The second-order valence-electron chi connectivity index (χ2n) is 10.3. The van der Waals surface area contributed by atoms with Gasteiger partial charge in [0.25, 0.3) is 0 Å². The highest BCUT2D eigenvalue weighted by Crippen LogP contribution is 2.32. The topological polar surface area (TPSA) is 34.1 Å². The summed E-state index contributed by atoms with van der Waals surface area (Å²) >= 11 is 0. The summed E-state index contributed by atoms with van der Waals surface area (Å²) in [6.45, 7) is 16.8. The third-order valence-corrected chi connectivity index (χ3v) is 6.38. The standard InChI is InChI=1S/C29H44O2/c1-21(2)12-9-13-22(3)14-10-15-23(4)16-11-18-29(7,8)19-17-26-20-27(30)24(5)25(6)28(26)31/h12,14,16,20H,9-11,13,15,17-19H2,1-8H3/b22-14+,23-16+. The van der Waals surface area contributed by atoms with E-state index < -0.39 is 0 Å². The molecule has 0 saturated carbocycles. The Morgan fingerprint density at radius 3 is 1.94 bits per heavy atom. The lowest BCUT2D eigenvalue weighted by atomic mass is 9.79. The van der Waals surface area contributed by atoms with E-state index in [9.17, 15) is 9.59 Å².